The zero-order chi connectivity index (χ0) is 31.6. The van der Waals surface area contributed by atoms with Crippen molar-refractivity contribution in [2.45, 2.75) is 0 Å². The summed E-state index contributed by atoms with van der Waals surface area (Å²) in [6.45, 7) is 0. The number of furan rings is 1. The Hall–Kier alpha value is -6.10. The third-order valence-electron chi connectivity index (χ3n) is 9.39. The van der Waals surface area contributed by atoms with E-state index >= 15 is 0 Å². The van der Waals surface area contributed by atoms with E-state index in [4.69, 9.17) is 9.40 Å². The van der Waals surface area contributed by atoms with Gasteiger partial charge in [-0.25, -0.2) is 9.97 Å². The maximum atomic E-state index is 6.55. The van der Waals surface area contributed by atoms with Crippen LogP contribution < -0.4 is 0 Å². The van der Waals surface area contributed by atoms with Crippen molar-refractivity contribution >= 4 is 64.4 Å². The Morgan fingerprint density at radius 3 is 1.81 bits per heavy atom. The van der Waals surface area contributed by atoms with Crippen molar-refractivity contribution in [3.63, 3.8) is 0 Å². The van der Waals surface area contributed by atoms with Crippen molar-refractivity contribution in [1.29, 1.82) is 0 Å². The van der Waals surface area contributed by atoms with Gasteiger partial charge in [0.25, 0.3) is 0 Å². The van der Waals surface area contributed by atoms with E-state index in [0.29, 0.717) is 5.58 Å². The predicted molar refractivity (Wildman–Crippen MR) is 201 cm³/mol. The van der Waals surface area contributed by atoms with Gasteiger partial charge in [-0.15, -0.1) is 11.3 Å². The fourth-order valence-electron chi connectivity index (χ4n) is 7.11. The maximum Gasteiger partial charge on any atom is 0.180 e. The van der Waals surface area contributed by atoms with Crippen LogP contribution in [0.2, 0.25) is 0 Å². The molecule has 0 unspecified atom stereocenters. The molecule has 10 rings (SSSR count). The van der Waals surface area contributed by atoms with Gasteiger partial charge in [0.05, 0.1) is 0 Å². The molecule has 3 nitrogen and oxygen atoms in total. The predicted octanol–water partition coefficient (Wildman–Crippen LogP) is 12.6. The van der Waals surface area contributed by atoms with E-state index in [9.17, 15) is 0 Å². The molecule has 0 aliphatic rings. The highest BCUT2D eigenvalue weighted by Crippen LogP contribution is 2.44. The molecule has 0 spiro atoms. The van der Waals surface area contributed by atoms with Crippen LogP contribution in [0.25, 0.3) is 97.7 Å². The summed E-state index contributed by atoms with van der Waals surface area (Å²) in [6, 6.07) is 54.0. The molecule has 0 aliphatic heterocycles. The molecule has 7 aromatic carbocycles. The molecule has 0 radical (unpaired) electrons. The van der Waals surface area contributed by atoms with Crippen LogP contribution in [-0.2, 0) is 0 Å². The monoisotopic (exact) mass is 630 g/mol. The Kier molecular flexibility index (Phi) is 6.05. The number of nitrogens with zero attached hydrogens (tertiary/aromatic N) is 2. The Balaban J connectivity index is 1.09. The van der Waals surface area contributed by atoms with Crippen LogP contribution in [0.15, 0.2) is 162 Å². The molecule has 48 heavy (non-hydrogen) atoms. The van der Waals surface area contributed by atoms with Crippen LogP contribution in [-0.4, -0.2) is 9.97 Å². The quantitative estimate of drug-likeness (QED) is 0.194. The van der Waals surface area contributed by atoms with E-state index in [-0.39, 0.29) is 0 Å². The second-order valence-electron chi connectivity index (χ2n) is 12.2. The summed E-state index contributed by atoms with van der Waals surface area (Å²) in [5, 5.41) is 5.82. The Bertz CT molecular complexity index is 2850. The second-order valence-corrected chi connectivity index (χ2v) is 13.2. The number of fused-ring (bicyclic) bond motifs is 8. The van der Waals surface area contributed by atoms with Gasteiger partial charge in [0, 0.05) is 36.5 Å². The summed E-state index contributed by atoms with van der Waals surface area (Å²) < 4.78 is 9.18. The van der Waals surface area contributed by atoms with E-state index in [1.165, 1.54) is 42.4 Å². The van der Waals surface area contributed by atoms with Crippen molar-refractivity contribution in [3.05, 3.63) is 158 Å². The molecule has 0 saturated heterocycles. The number of rotatable bonds is 4. The maximum absolute atomic E-state index is 6.55. The zero-order valence-corrected chi connectivity index (χ0v) is 26.5. The standard InChI is InChI=1S/C44H26N2OS/c1-2-10-27(11-3-1)34-18-8-20-36-37-21-9-19-35(44(37)48-43(34)36)31-15-6-13-29(24-31)30-14-7-16-32(25-30)39-42-40(46-26-45-39)38-23-22-28-12-4-5-17-33(28)41(38)47-42/h1-26H. The molecule has 0 saturated carbocycles. The van der Waals surface area contributed by atoms with E-state index in [0.717, 1.165) is 49.6 Å². The third-order valence-corrected chi connectivity index (χ3v) is 10.7. The minimum Gasteiger partial charge on any atom is -0.451 e. The molecular weight excluding hydrogens is 605 g/mol. The number of thiophene rings is 1. The molecule has 0 amide bonds. The van der Waals surface area contributed by atoms with Gasteiger partial charge in [0.15, 0.2) is 5.58 Å². The molecule has 0 bridgehead atoms. The van der Waals surface area contributed by atoms with E-state index < -0.39 is 0 Å². The van der Waals surface area contributed by atoms with E-state index in [1.54, 1.807) is 6.33 Å². The van der Waals surface area contributed by atoms with Gasteiger partial charge in [-0.3, -0.25) is 0 Å². The molecule has 10 aromatic rings. The highest BCUT2D eigenvalue weighted by atomic mass is 32.1. The van der Waals surface area contributed by atoms with Crippen molar-refractivity contribution in [2.24, 2.45) is 0 Å². The lowest BCUT2D eigenvalue weighted by atomic mass is 9.96. The summed E-state index contributed by atoms with van der Waals surface area (Å²) in [4.78, 5) is 9.38. The lowest BCUT2D eigenvalue weighted by Gasteiger charge is -2.09. The van der Waals surface area contributed by atoms with E-state index in [2.05, 4.69) is 145 Å². The van der Waals surface area contributed by atoms with Gasteiger partial charge < -0.3 is 4.42 Å². The van der Waals surface area contributed by atoms with Gasteiger partial charge in [-0.1, -0.05) is 133 Å². The lowest BCUT2D eigenvalue weighted by Crippen LogP contribution is -1.88. The minimum atomic E-state index is 0.709. The second kappa shape index (κ2) is 10.7. The van der Waals surface area contributed by atoms with Crippen LogP contribution in [0.3, 0.4) is 0 Å². The van der Waals surface area contributed by atoms with Gasteiger partial charge in [0.2, 0.25) is 0 Å². The normalized spacial score (nSPS) is 11.8. The van der Waals surface area contributed by atoms with Gasteiger partial charge in [-0.2, -0.15) is 0 Å². The van der Waals surface area contributed by atoms with Crippen LogP contribution in [0, 0.1) is 0 Å². The molecule has 0 N–H and O–H groups in total. The molecule has 3 aromatic heterocycles. The fourth-order valence-corrected chi connectivity index (χ4v) is 8.49. The molecule has 4 heteroatoms. The molecule has 0 fully saturated rings. The largest absolute Gasteiger partial charge is 0.451 e. The lowest BCUT2D eigenvalue weighted by molar-refractivity contribution is 0.671. The van der Waals surface area contributed by atoms with Crippen molar-refractivity contribution < 1.29 is 4.42 Å². The molecule has 3 heterocycles. The molecule has 0 aliphatic carbocycles. The summed E-state index contributed by atoms with van der Waals surface area (Å²) in [7, 11) is 0. The fraction of sp³-hybridized carbons (Fsp3) is 0. The van der Waals surface area contributed by atoms with Crippen LogP contribution >= 0.6 is 11.3 Å². The number of aromatic nitrogens is 2. The van der Waals surface area contributed by atoms with Crippen molar-refractivity contribution in [2.75, 3.05) is 0 Å². The Labute approximate surface area is 280 Å². The number of hydrogen-bond donors (Lipinski definition) is 0. The first-order valence-electron chi connectivity index (χ1n) is 16.1. The highest BCUT2D eigenvalue weighted by molar-refractivity contribution is 7.26. The smallest absolute Gasteiger partial charge is 0.180 e. The molecule has 0 atom stereocenters. The van der Waals surface area contributed by atoms with Crippen LogP contribution in [0.1, 0.15) is 0 Å². The minimum absolute atomic E-state index is 0.709. The number of benzene rings is 7. The average Bonchev–Trinajstić information content (AvgIpc) is 3.74. The van der Waals surface area contributed by atoms with Gasteiger partial charge >= 0.3 is 0 Å². The summed E-state index contributed by atoms with van der Waals surface area (Å²) >= 11 is 1.88. The first kappa shape index (κ1) is 27.1. The number of hydrogen-bond acceptors (Lipinski definition) is 4. The van der Waals surface area contributed by atoms with Gasteiger partial charge in [0.1, 0.15) is 23.1 Å². The average molecular weight is 631 g/mol. The Morgan fingerprint density at radius 1 is 0.417 bits per heavy atom. The van der Waals surface area contributed by atoms with Crippen LogP contribution in [0.4, 0.5) is 0 Å². The Morgan fingerprint density at radius 2 is 1.02 bits per heavy atom. The molecule has 224 valence electrons. The summed E-state index contributed by atoms with van der Waals surface area (Å²) in [5.74, 6) is 0. The van der Waals surface area contributed by atoms with Crippen molar-refractivity contribution in [1.82, 2.24) is 9.97 Å². The van der Waals surface area contributed by atoms with Crippen molar-refractivity contribution in [3.8, 4) is 44.6 Å². The highest BCUT2D eigenvalue weighted by Gasteiger charge is 2.18. The summed E-state index contributed by atoms with van der Waals surface area (Å²) in [6.07, 6.45) is 1.64. The molecular formula is C44H26N2OS. The topological polar surface area (TPSA) is 38.9 Å². The van der Waals surface area contributed by atoms with Crippen LogP contribution in [0.5, 0.6) is 0 Å². The SMILES string of the molecule is c1ccc(-c2cccc3c2sc2c(-c4cccc(-c5cccc(-c6ncnc7c6oc6c8ccccc8ccc76)c5)c4)cccc23)cc1. The third kappa shape index (κ3) is 4.20. The first-order chi connectivity index (χ1) is 23.8. The van der Waals surface area contributed by atoms with Gasteiger partial charge in [-0.05, 0) is 57.0 Å². The van der Waals surface area contributed by atoms with E-state index in [1.807, 2.05) is 23.5 Å². The first-order valence-corrected chi connectivity index (χ1v) is 16.9. The zero-order valence-electron chi connectivity index (χ0n) is 25.7. The summed E-state index contributed by atoms with van der Waals surface area (Å²) in [5.41, 5.74) is 11.4.